The predicted octanol–water partition coefficient (Wildman–Crippen LogP) is 1.21. The lowest BCUT2D eigenvalue weighted by Gasteiger charge is -2.37. The maximum absolute atomic E-state index is 5.26. The normalized spacial score (nSPS) is 17.1. The fourth-order valence-corrected chi connectivity index (χ4v) is 2.18. The topological polar surface area (TPSA) is 33.7 Å². The molecular formula is C13H30N2O2. The minimum Gasteiger partial charge on any atom is -0.383 e. The van der Waals surface area contributed by atoms with Crippen LogP contribution in [-0.2, 0) is 9.47 Å². The summed E-state index contributed by atoms with van der Waals surface area (Å²) in [5.41, 5.74) is 0. The van der Waals surface area contributed by atoms with Crippen LogP contribution in [0.2, 0.25) is 0 Å². The van der Waals surface area contributed by atoms with E-state index in [1.165, 1.54) is 0 Å². The van der Waals surface area contributed by atoms with Gasteiger partial charge in [0.25, 0.3) is 0 Å². The smallest absolute Gasteiger partial charge is 0.0615 e. The van der Waals surface area contributed by atoms with Crippen molar-refractivity contribution in [3.8, 4) is 0 Å². The number of nitrogens with one attached hydrogen (secondary N) is 1. The molecule has 0 aromatic carbocycles. The van der Waals surface area contributed by atoms with Crippen molar-refractivity contribution in [3.63, 3.8) is 0 Å². The van der Waals surface area contributed by atoms with Crippen LogP contribution in [-0.4, -0.2) is 64.6 Å². The van der Waals surface area contributed by atoms with Crippen molar-refractivity contribution in [1.29, 1.82) is 0 Å². The average molecular weight is 246 g/mol. The van der Waals surface area contributed by atoms with E-state index in [0.29, 0.717) is 18.0 Å². The second-order valence-corrected chi connectivity index (χ2v) is 4.81. The monoisotopic (exact) mass is 246 g/mol. The number of methoxy groups -OCH3 is 2. The molecular weight excluding hydrogens is 216 g/mol. The third-order valence-corrected chi connectivity index (χ3v) is 3.40. The molecule has 0 heterocycles. The zero-order valence-corrected chi connectivity index (χ0v) is 12.3. The summed E-state index contributed by atoms with van der Waals surface area (Å²) in [7, 11) is 5.51. The van der Waals surface area contributed by atoms with Gasteiger partial charge in [-0.05, 0) is 33.4 Å². The minimum atomic E-state index is 0.421. The summed E-state index contributed by atoms with van der Waals surface area (Å²) in [5, 5.41) is 3.24. The highest BCUT2D eigenvalue weighted by Gasteiger charge is 2.23. The van der Waals surface area contributed by atoms with Crippen LogP contribution in [0.15, 0.2) is 0 Å². The molecule has 0 aromatic heterocycles. The molecule has 4 heteroatoms. The van der Waals surface area contributed by atoms with Crippen LogP contribution in [0.3, 0.4) is 0 Å². The van der Waals surface area contributed by atoms with Crippen molar-refractivity contribution in [3.05, 3.63) is 0 Å². The zero-order chi connectivity index (χ0) is 13.3. The predicted molar refractivity (Wildman–Crippen MR) is 72.5 cm³/mol. The number of rotatable bonds is 10. The number of ether oxygens (including phenoxy) is 2. The van der Waals surface area contributed by atoms with Crippen LogP contribution in [0.5, 0.6) is 0 Å². The highest BCUT2D eigenvalue weighted by atomic mass is 16.5. The largest absolute Gasteiger partial charge is 0.383 e. The summed E-state index contributed by atoms with van der Waals surface area (Å²) in [6.45, 7) is 10.3. The molecule has 0 aromatic rings. The van der Waals surface area contributed by atoms with Crippen LogP contribution in [0.1, 0.15) is 20.8 Å². The van der Waals surface area contributed by atoms with Crippen LogP contribution < -0.4 is 5.32 Å². The highest BCUT2D eigenvalue weighted by Crippen LogP contribution is 2.14. The molecule has 0 rings (SSSR count). The molecule has 0 saturated carbocycles. The SMILES string of the molecule is CNCC(C)C(C)N(CCOC)C(C)COC. The van der Waals surface area contributed by atoms with Crippen molar-refractivity contribution in [2.24, 2.45) is 5.92 Å². The number of hydrogen-bond donors (Lipinski definition) is 1. The van der Waals surface area contributed by atoms with Gasteiger partial charge in [-0.25, -0.2) is 0 Å². The minimum absolute atomic E-state index is 0.421. The van der Waals surface area contributed by atoms with Crippen molar-refractivity contribution >= 4 is 0 Å². The Morgan fingerprint density at radius 1 is 1.12 bits per heavy atom. The van der Waals surface area contributed by atoms with Crippen LogP contribution in [0.4, 0.5) is 0 Å². The van der Waals surface area contributed by atoms with E-state index in [1.807, 2.05) is 7.05 Å². The summed E-state index contributed by atoms with van der Waals surface area (Å²) in [6, 6.07) is 0.937. The van der Waals surface area contributed by atoms with Gasteiger partial charge >= 0.3 is 0 Å². The van der Waals surface area contributed by atoms with Gasteiger partial charge in [0.1, 0.15) is 0 Å². The van der Waals surface area contributed by atoms with Crippen molar-refractivity contribution < 1.29 is 9.47 Å². The Morgan fingerprint density at radius 3 is 2.24 bits per heavy atom. The highest BCUT2D eigenvalue weighted by molar-refractivity contribution is 4.78. The first-order valence-corrected chi connectivity index (χ1v) is 6.46. The van der Waals surface area contributed by atoms with E-state index >= 15 is 0 Å². The molecule has 3 atom stereocenters. The first-order valence-electron chi connectivity index (χ1n) is 6.46. The van der Waals surface area contributed by atoms with Crippen molar-refractivity contribution in [2.75, 3.05) is 47.6 Å². The average Bonchev–Trinajstić information content (AvgIpc) is 2.30. The van der Waals surface area contributed by atoms with E-state index in [9.17, 15) is 0 Å². The van der Waals surface area contributed by atoms with Gasteiger partial charge in [-0.3, -0.25) is 4.90 Å². The number of nitrogens with zero attached hydrogens (tertiary/aromatic N) is 1. The Morgan fingerprint density at radius 2 is 1.76 bits per heavy atom. The molecule has 0 radical (unpaired) electrons. The Kier molecular flexibility index (Phi) is 9.74. The maximum atomic E-state index is 5.26. The Hall–Kier alpha value is -0.160. The van der Waals surface area contributed by atoms with E-state index < -0.39 is 0 Å². The van der Waals surface area contributed by atoms with Gasteiger partial charge in [0, 0.05) is 32.8 Å². The van der Waals surface area contributed by atoms with Crippen molar-refractivity contribution in [2.45, 2.75) is 32.9 Å². The van der Waals surface area contributed by atoms with Gasteiger partial charge in [-0.2, -0.15) is 0 Å². The van der Waals surface area contributed by atoms with E-state index in [4.69, 9.17) is 9.47 Å². The van der Waals surface area contributed by atoms with E-state index in [2.05, 4.69) is 31.0 Å². The molecule has 0 fully saturated rings. The summed E-state index contributed by atoms with van der Waals surface area (Å²) >= 11 is 0. The second-order valence-electron chi connectivity index (χ2n) is 4.81. The van der Waals surface area contributed by atoms with Crippen molar-refractivity contribution in [1.82, 2.24) is 10.2 Å². The fraction of sp³-hybridized carbons (Fsp3) is 1.00. The summed E-state index contributed by atoms with van der Waals surface area (Å²) in [6.07, 6.45) is 0. The van der Waals surface area contributed by atoms with Gasteiger partial charge in [-0.1, -0.05) is 6.92 Å². The Bertz CT molecular complexity index is 179. The van der Waals surface area contributed by atoms with Gasteiger partial charge in [0.05, 0.1) is 13.2 Å². The molecule has 0 aliphatic carbocycles. The van der Waals surface area contributed by atoms with Crippen LogP contribution >= 0.6 is 0 Å². The Balaban J connectivity index is 4.42. The summed E-state index contributed by atoms with van der Waals surface area (Å²) in [5.74, 6) is 0.608. The molecule has 1 N–H and O–H groups in total. The lowest BCUT2D eigenvalue weighted by molar-refractivity contribution is 0.0365. The standard InChI is InChI=1S/C13H30N2O2/c1-11(9-14-4)13(3)15(7-8-16-5)12(2)10-17-6/h11-14H,7-10H2,1-6H3. The molecule has 104 valence electrons. The lowest BCUT2D eigenvalue weighted by atomic mass is 10.0. The first kappa shape index (κ1) is 16.8. The van der Waals surface area contributed by atoms with Gasteiger partial charge < -0.3 is 14.8 Å². The quantitative estimate of drug-likeness (QED) is 0.628. The Labute approximate surface area is 107 Å². The fourth-order valence-electron chi connectivity index (χ4n) is 2.18. The van der Waals surface area contributed by atoms with Crippen LogP contribution in [0.25, 0.3) is 0 Å². The first-order chi connectivity index (χ1) is 8.08. The molecule has 0 saturated heterocycles. The molecule has 0 aliphatic heterocycles. The molecule has 0 aliphatic rings. The molecule has 0 bridgehead atoms. The van der Waals surface area contributed by atoms with Gasteiger partial charge in [0.15, 0.2) is 0 Å². The maximum Gasteiger partial charge on any atom is 0.0615 e. The van der Waals surface area contributed by atoms with E-state index in [-0.39, 0.29) is 0 Å². The second kappa shape index (κ2) is 9.83. The van der Waals surface area contributed by atoms with Crippen LogP contribution in [0, 0.1) is 5.92 Å². The van der Waals surface area contributed by atoms with E-state index in [0.717, 1.165) is 26.3 Å². The molecule has 0 spiro atoms. The molecule has 3 unspecified atom stereocenters. The third kappa shape index (κ3) is 6.36. The number of hydrogen-bond acceptors (Lipinski definition) is 4. The lowest BCUT2D eigenvalue weighted by Crippen LogP contribution is -2.48. The molecule has 0 amide bonds. The summed E-state index contributed by atoms with van der Waals surface area (Å²) < 4.78 is 10.4. The zero-order valence-electron chi connectivity index (χ0n) is 12.3. The molecule has 17 heavy (non-hydrogen) atoms. The van der Waals surface area contributed by atoms with E-state index in [1.54, 1.807) is 14.2 Å². The van der Waals surface area contributed by atoms with Gasteiger partial charge in [-0.15, -0.1) is 0 Å². The summed E-state index contributed by atoms with van der Waals surface area (Å²) in [4.78, 5) is 2.47. The van der Waals surface area contributed by atoms with Gasteiger partial charge in [0.2, 0.25) is 0 Å². The molecule has 4 nitrogen and oxygen atoms in total. The third-order valence-electron chi connectivity index (χ3n) is 3.40.